The van der Waals surface area contributed by atoms with E-state index in [4.69, 9.17) is 4.74 Å². The van der Waals surface area contributed by atoms with Crippen molar-refractivity contribution in [3.05, 3.63) is 59.9 Å². The van der Waals surface area contributed by atoms with Crippen LogP contribution in [-0.4, -0.2) is 81.9 Å². The summed E-state index contributed by atoms with van der Waals surface area (Å²) < 4.78 is 46.3. The molecule has 11 heteroatoms. The Morgan fingerprint density at radius 3 is 2.58 bits per heavy atom. The van der Waals surface area contributed by atoms with E-state index in [0.29, 0.717) is 32.7 Å². The molecule has 2 aromatic carbocycles. The molecule has 5 rings (SSSR count). The number of likely N-dealkylation sites (tertiary alicyclic amines) is 1. The lowest BCUT2D eigenvalue weighted by Gasteiger charge is -2.41. The largest absolute Gasteiger partial charge is 0.491 e. The van der Waals surface area contributed by atoms with Crippen LogP contribution < -0.4 is 15.4 Å². The highest BCUT2D eigenvalue weighted by atomic mass is 32.2. The lowest BCUT2D eigenvalue weighted by atomic mass is 9.73. The quantitative estimate of drug-likeness (QED) is 0.517. The van der Waals surface area contributed by atoms with Gasteiger partial charge in [0.1, 0.15) is 18.2 Å². The molecule has 234 valence electrons. The summed E-state index contributed by atoms with van der Waals surface area (Å²) in [6, 6.07) is 12.9. The van der Waals surface area contributed by atoms with Crippen LogP contribution in [0.15, 0.2) is 53.4 Å². The molecule has 3 heterocycles. The van der Waals surface area contributed by atoms with E-state index in [1.807, 2.05) is 18.2 Å². The van der Waals surface area contributed by atoms with Gasteiger partial charge in [-0.25, -0.2) is 12.8 Å². The van der Waals surface area contributed by atoms with Gasteiger partial charge in [0.15, 0.2) is 0 Å². The van der Waals surface area contributed by atoms with Gasteiger partial charge in [-0.05, 0) is 87.5 Å². The number of nitrogens with one attached hydrogen (secondary N) is 2. The zero-order chi connectivity index (χ0) is 30.3. The Bertz CT molecular complexity index is 1360. The lowest BCUT2D eigenvalue weighted by Crippen LogP contribution is -2.50. The Labute approximate surface area is 254 Å². The third-order valence-corrected chi connectivity index (χ3v) is 11.1. The van der Waals surface area contributed by atoms with Gasteiger partial charge in [-0.2, -0.15) is 4.31 Å². The van der Waals surface area contributed by atoms with Gasteiger partial charge in [0.25, 0.3) is 0 Å². The van der Waals surface area contributed by atoms with Gasteiger partial charge in [0, 0.05) is 26.2 Å². The average Bonchev–Trinajstić information content (AvgIpc) is 3.52. The minimum absolute atomic E-state index is 0.0300. The summed E-state index contributed by atoms with van der Waals surface area (Å²) in [6.45, 7) is 4.03. The number of nitrogens with zero attached hydrogens (tertiary/aromatic N) is 2. The van der Waals surface area contributed by atoms with Gasteiger partial charge in [-0.15, -0.1) is 0 Å². The van der Waals surface area contributed by atoms with Crippen molar-refractivity contribution in [3.63, 3.8) is 0 Å². The van der Waals surface area contributed by atoms with Crippen molar-refractivity contribution in [2.45, 2.75) is 56.3 Å². The predicted molar refractivity (Wildman–Crippen MR) is 162 cm³/mol. The van der Waals surface area contributed by atoms with Gasteiger partial charge in [-0.3, -0.25) is 9.59 Å². The highest BCUT2D eigenvalue weighted by molar-refractivity contribution is 7.89. The molecular weight excluding hydrogens is 571 g/mol. The molecule has 3 aliphatic rings. The van der Waals surface area contributed by atoms with Gasteiger partial charge in [0.2, 0.25) is 21.8 Å². The molecule has 0 saturated carbocycles. The molecule has 1 atom stereocenters. The number of carbonyl (C=O) groups is 2. The molecule has 9 nitrogen and oxygen atoms in total. The molecule has 0 bridgehead atoms. The number of piperidine rings is 1. The second-order valence-electron chi connectivity index (χ2n) is 12.0. The molecular formula is C32H43FN4O5S. The number of aryl methyl sites for hydroxylation is 1. The van der Waals surface area contributed by atoms with Gasteiger partial charge in [-0.1, -0.05) is 31.0 Å². The first kappa shape index (κ1) is 31.4. The second-order valence-corrected chi connectivity index (χ2v) is 13.9. The predicted octanol–water partition coefficient (Wildman–Crippen LogP) is 3.35. The Morgan fingerprint density at radius 1 is 1.02 bits per heavy atom. The molecule has 0 aromatic heterocycles. The fraction of sp³-hybridized carbons (Fsp3) is 0.562. The molecule has 3 aliphatic heterocycles. The number of hydrogen-bond donors (Lipinski definition) is 2. The molecule has 2 aromatic rings. The molecule has 0 aliphatic carbocycles. The highest BCUT2D eigenvalue weighted by Gasteiger charge is 2.41. The van der Waals surface area contributed by atoms with Crippen LogP contribution in [0.4, 0.5) is 4.39 Å². The third kappa shape index (κ3) is 7.74. The molecule has 1 spiro atoms. The smallest absolute Gasteiger partial charge is 0.243 e. The zero-order valence-electron chi connectivity index (χ0n) is 24.7. The van der Waals surface area contributed by atoms with Crippen molar-refractivity contribution in [2.24, 2.45) is 11.3 Å². The maximum atomic E-state index is 13.4. The number of sulfonamides is 1. The number of para-hydroxylation sites is 1. The first-order valence-electron chi connectivity index (χ1n) is 15.5. The summed E-state index contributed by atoms with van der Waals surface area (Å²) in [5, 5.41) is 6.13. The monoisotopic (exact) mass is 614 g/mol. The van der Waals surface area contributed by atoms with Crippen LogP contribution in [0.2, 0.25) is 0 Å². The Balaban J connectivity index is 1.06. The molecule has 43 heavy (non-hydrogen) atoms. The highest BCUT2D eigenvalue weighted by Crippen LogP contribution is 2.37. The standard InChI is InChI=1S/C32H43FN4O5S/c33-27-9-11-28(12-10-27)43(40,41)37-19-13-26(24-37)30(38)34-17-22-36-20-15-32(16-21-36)14-5-1-2-6-25-7-3-4-8-29(25)42-23-18-35-31(32)39/h3-4,7-12,26H,1-2,5-6,13-24H2,(H,34,38)(H,35,39). The van der Waals surface area contributed by atoms with Gasteiger partial charge < -0.3 is 20.3 Å². The fourth-order valence-corrected chi connectivity index (χ4v) is 8.01. The van der Waals surface area contributed by atoms with E-state index in [-0.39, 0.29) is 35.2 Å². The third-order valence-electron chi connectivity index (χ3n) is 9.21. The number of carbonyl (C=O) groups excluding carboxylic acids is 2. The van der Waals surface area contributed by atoms with Crippen molar-refractivity contribution in [3.8, 4) is 5.75 Å². The number of ether oxygens (including phenoxy) is 1. The normalized spacial score (nSPS) is 22.3. The average molecular weight is 615 g/mol. The van der Waals surface area contributed by atoms with Crippen LogP contribution in [-0.2, 0) is 26.0 Å². The van der Waals surface area contributed by atoms with Crippen molar-refractivity contribution in [1.82, 2.24) is 19.8 Å². The van der Waals surface area contributed by atoms with Crippen molar-refractivity contribution >= 4 is 21.8 Å². The SMILES string of the molecule is O=C(NCCN1CCC2(CCCCCc3ccccc3OCCNC2=O)CC1)C1CCN(S(=O)(=O)c2ccc(F)cc2)C1. The summed E-state index contributed by atoms with van der Waals surface area (Å²) in [7, 11) is -3.77. The zero-order valence-corrected chi connectivity index (χ0v) is 25.5. The molecule has 2 fully saturated rings. The number of benzene rings is 2. The fourth-order valence-electron chi connectivity index (χ4n) is 6.51. The van der Waals surface area contributed by atoms with E-state index < -0.39 is 21.8 Å². The second kappa shape index (κ2) is 14.2. The van der Waals surface area contributed by atoms with Crippen molar-refractivity contribution < 1.29 is 27.1 Å². The maximum Gasteiger partial charge on any atom is 0.243 e. The Kier molecular flexibility index (Phi) is 10.4. The summed E-state index contributed by atoms with van der Waals surface area (Å²) in [4.78, 5) is 28.6. The lowest BCUT2D eigenvalue weighted by molar-refractivity contribution is -0.134. The van der Waals surface area contributed by atoms with E-state index in [1.54, 1.807) is 0 Å². The Hall–Kier alpha value is -3.02. The van der Waals surface area contributed by atoms with E-state index >= 15 is 0 Å². The van der Waals surface area contributed by atoms with E-state index in [9.17, 15) is 22.4 Å². The number of rotatable bonds is 6. The van der Waals surface area contributed by atoms with Crippen LogP contribution >= 0.6 is 0 Å². The molecule has 2 N–H and O–H groups in total. The van der Waals surface area contributed by atoms with Crippen LogP contribution in [0.5, 0.6) is 5.75 Å². The summed E-state index contributed by atoms with van der Waals surface area (Å²) >= 11 is 0. The number of amides is 2. The van der Waals surface area contributed by atoms with Crippen molar-refractivity contribution in [1.29, 1.82) is 0 Å². The molecule has 2 amide bonds. The van der Waals surface area contributed by atoms with Gasteiger partial charge in [0.05, 0.1) is 22.8 Å². The number of halogens is 1. The Morgan fingerprint density at radius 2 is 1.79 bits per heavy atom. The molecule has 2 saturated heterocycles. The van der Waals surface area contributed by atoms with E-state index in [2.05, 4.69) is 21.6 Å². The van der Waals surface area contributed by atoms with Gasteiger partial charge >= 0.3 is 0 Å². The maximum absolute atomic E-state index is 13.4. The van der Waals surface area contributed by atoms with Crippen molar-refractivity contribution in [2.75, 3.05) is 52.4 Å². The van der Waals surface area contributed by atoms with Crippen LogP contribution in [0.1, 0.15) is 50.5 Å². The number of hydrogen-bond acceptors (Lipinski definition) is 6. The minimum atomic E-state index is -3.77. The first-order chi connectivity index (χ1) is 20.8. The summed E-state index contributed by atoms with van der Waals surface area (Å²) in [6.07, 6.45) is 7.04. The number of fused-ring (bicyclic) bond motifs is 1. The first-order valence-corrected chi connectivity index (χ1v) is 17.0. The van der Waals surface area contributed by atoms with Crippen LogP contribution in [0, 0.1) is 17.2 Å². The minimum Gasteiger partial charge on any atom is -0.491 e. The topological polar surface area (TPSA) is 108 Å². The summed E-state index contributed by atoms with van der Waals surface area (Å²) in [5.41, 5.74) is 0.854. The van der Waals surface area contributed by atoms with Crippen LogP contribution in [0.25, 0.3) is 0 Å². The molecule has 0 radical (unpaired) electrons. The molecule has 1 unspecified atom stereocenters. The van der Waals surface area contributed by atoms with Crippen LogP contribution in [0.3, 0.4) is 0 Å². The summed E-state index contributed by atoms with van der Waals surface area (Å²) in [5.74, 6) is -0.0300. The van der Waals surface area contributed by atoms with E-state index in [1.165, 1.54) is 22.0 Å². The van der Waals surface area contributed by atoms with E-state index in [0.717, 1.165) is 75.9 Å².